The van der Waals surface area contributed by atoms with Gasteiger partial charge in [-0.05, 0) is 6.26 Å². The summed E-state index contributed by atoms with van der Waals surface area (Å²) < 4.78 is 0. The van der Waals surface area contributed by atoms with Crippen LogP contribution in [0.5, 0.6) is 0 Å². The molecule has 82 valence electrons. The van der Waals surface area contributed by atoms with E-state index < -0.39 is 5.97 Å². The van der Waals surface area contributed by atoms with Gasteiger partial charge in [-0.2, -0.15) is 0 Å². The van der Waals surface area contributed by atoms with Crippen molar-refractivity contribution in [1.29, 1.82) is 0 Å². The average Bonchev–Trinajstić information content (AvgIpc) is 2.18. The molecule has 0 unspecified atom stereocenters. The summed E-state index contributed by atoms with van der Waals surface area (Å²) >= 11 is 2.37. The van der Waals surface area contributed by atoms with Gasteiger partial charge < -0.3 is 16.6 Å². The van der Waals surface area contributed by atoms with Crippen LogP contribution >= 0.6 is 23.5 Å². The maximum absolute atomic E-state index is 10.4. The summed E-state index contributed by atoms with van der Waals surface area (Å²) in [7, 11) is 0. The first-order valence-electron chi connectivity index (χ1n) is 3.86. The molecule has 6 nitrogen and oxygen atoms in total. The fourth-order valence-corrected chi connectivity index (χ4v) is 2.08. The van der Waals surface area contributed by atoms with Crippen LogP contribution in [0, 0.1) is 0 Å². The van der Waals surface area contributed by atoms with E-state index >= 15 is 0 Å². The molecule has 1 rings (SSSR count). The second-order valence-electron chi connectivity index (χ2n) is 2.49. The first-order chi connectivity index (χ1) is 7.04. The largest absolute Gasteiger partial charge is 0.481 e. The van der Waals surface area contributed by atoms with Crippen LogP contribution < -0.4 is 11.5 Å². The lowest BCUT2D eigenvalue weighted by atomic mass is 10.5. The van der Waals surface area contributed by atoms with Gasteiger partial charge in [-0.25, -0.2) is 9.97 Å². The predicted molar refractivity (Wildman–Crippen MR) is 61.0 cm³/mol. The molecule has 0 aliphatic rings. The molecular formula is C7H10N4O2S2. The fraction of sp³-hybridized carbons (Fsp3) is 0.286. The summed E-state index contributed by atoms with van der Waals surface area (Å²) in [5, 5.41) is 9.50. The van der Waals surface area contributed by atoms with E-state index in [2.05, 4.69) is 9.97 Å². The maximum Gasteiger partial charge on any atom is 0.313 e. The summed E-state index contributed by atoms with van der Waals surface area (Å²) in [6.07, 6.45) is 1.81. The maximum atomic E-state index is 10.4. The van der Waals surface area contributed by atoms with Crippen molar-refractivity contribution in [2.75, 3.05) is 23.5 Å². The number of hydrogen-bond acceptors (Lipinski definition) is 7. The third kappa shape index (κ3) is 3.17. The van der Waals surface area contributed by atoms with Gasteiger partial charge in [-0.15, -0.1) is 11.8 Å². The topological polar surface area (TPSA) is 115 Å². The summed E-state index contributed by atoms with van der Waals surface area (Å²) in [6, 6.07) is 0. The summed E-state index contributed by atoms with van der Waals surface area (Å²) in [4.78, 5) is 18.2. The van der Waals surface area contributed by atoms with Crippen LogP contribution in [0.3, 0.4) is 0 Å². The van der Waals surface area contributed by atoms with E-state index in [9.17, 15) is 4.79 Å². The number of carboxylic acid groups (broad SMARTS) is 1. The highest BCUT2D eigenvalue weighted by Gasteiger charge is 2.11. The van der Waals surface area contributed by atoms with Crippen molar-refractivity contribution in [2.24, 2.45) is 0 Å². The number of carboxylic acids is 1. The number of hydrogen-bond donors (Lipinski definition) is 3. The highest BCUT2D eigenvalue weighted by molar-refractivity contribution is 8.00. The Balaban J connectivity index is 2.95. The number of aliphatic carboxylic acids is 1. The molecule has 5 N–H and O–H groups in total. The van der Waals surface area contributed by atoms with Gasteiger partial charge in [-0.1, -0.05) is 11.8 Å². The Bertz CT molecular complexity index is 385. The normalized spacial score (nSPS) is 10.2. The molecule has 0 radical (unpaired) electrons. The summed E-state index contributed by atoms with van der Waals surface area (Å²) in [5.74, 6) is -0.933. The van der Waals surface area contributed by atoms with E-state index in [-0.39, 0.29) is 11.7 Å². The Morgan fingerprint density at radius 1 is 1.40 bits per heavy atom. The number of nitrogens with two attached hydrogens (primary N) is 2. The van der Waals surface area contributed by atoms with Crippen molar-refractivity contribution in [2.45, 2.75) is 10.1 Å². The minimum atomic E-state index is -0.928. The molecule has 0 spiro atoms. The van der Waals surface area contributed by atoms with Crippen molar-refractivity contribution < 1.29 is 9.90 Å². The number of thioether (sulfide) groups is 2. The van der Waals surface area contributed by atoms with Crippen molar-refractivity contribution in [3.63, 3.8) is 0 Å². The Kier molecular flexibility index (Phi) is 4.04. The van der Waals surface area contributed by atoms with Crippen LogP contribution in [0.1, 0.15) is 0 Å². The van der Waals surface area contributed by atoms with E-state index in [1.807, 2.05) is 6.26 Å². The molecule has 0 amide bonds. The first kappa shape index (κ1) is 11.9. The van der Waals surface area contributed by atoms with Crippen molar-refractivity contribution in [1.82, 2.24) is 9.97 Å². The van der Waals surface area contributed by atoms with E-state index in [1.165, 1.54) is 11.8 Å². The lowest BCUT2D eigenvalue weighted by molar-refractivity contribution is -0.133. The van der Waals surface area contributed by atoms with Crippen LogP contribution in [0.4, 0.5) is 11.6 Å². The van der Waals surface area contributed by atoms with Crippen molar-refractivity contribution in [3.8, 4) is 0 Å². The zero-order valence-corrected chi connectivity index (χ0v) is 9.56. The minimum absolute atomic E-state index is 0.0986. The lowest BCUT2D eigenvalue weighted by Gasteiger charge is -2.07. The van der Waals surface area contributed by atoms with E-state index in [0.29, 0.717) is 15.7 Å². The number of anilines is 2. The minimum Gasteiger partial charge on any atom is -0.481 e. The van der Waals surface area contributed by atoms with Gasteiger partial charge in [0.25, 0.3) is 0 Å². The average molecular weight is 246 g/mol. The third-order valence-corrected chi connectivity index (χ3v) is 3.09. The van der Waals surface area contributed by atoms with Crippen molar-refractivity contribution >= 4 is 41.1 Å². The van der Waals surface area contributed by atoms with Gasteiger partial charge >= 0.3 is 5.97 Å². The summed E-state index contributed by atoms with van der Waals surface area (Å²) in [6.45, 7) is 0. The van der Waals surface area contributed by atoms with Crippen LogP contribution in [-0.2, 0) is 4.79 Å². The Labute approximate surface area is 94.8 Å². The molecule has 0 fully saturated rings. The standard InChI is InChI=1S/C7H10N4O2S2/c1-14-5-4(8)6(11-7(9)10-5)15-2-3(12)13/h2,8H2,1H3,(H,12,13)(H2,9,10,11). The van der Waals surface area contributed by atoms with E-state index in [0.717, 1.165) is 11.8 Å². The molecule has 1 aromatic rings. The molecule has 15 heavy (non-hydrogen) atoms. The molecule has 0 aliphatic heterocycles. The molecular weight excluding hydrogens is 236 g/mol. The quantitative estimate of drug-likeness (QED) is 0.521. The zero-order chi connectivity index (χ0) is 11.4. The number of rotatable bonds is 4. The molecule has 0 aromatic carbocycles. The van der Waals surface area contributed by atoms with Gasteiger partial charge in [0, 0.05) is 0 Å². The molecule has 0 atom stereocenters. The summed E-state index contributed by atoms with van der Waals surface area (Å²) in [5.41, 5.74) is 11.6. The molecule has 1 heterocycles. The van der Waals surface area contributed by atoms with Gasteiger partial charge in [-0.3, -0.25) is 4.79 Å². The van der Waals surface area contributed by atoms with Gasteiger partial charge in [0.1, 0.15) is 10.1 Å². The Hall–Kier alpha value is -1.15. The van der Waals surface area contributed by atoms with Gasteiger partial charge in [0.2, 0.25) is 5.95 Å². The molecule has 8 heteroatoms. The van der Waals surface area contributed by atoms with Crippen LogP contribution in [0.2, 0.25) is 0 Å². The molecule has 0 bridgehead atoms. The number of nitrogens with zero attached hydrogens (tertiary/aromatic N) is 2. The van der Waals surface area contributed by atoms with Crippen LogP contribution in [0.25, 0.3) is 0 Å². The molecule has 0 aliphatic carbocycles. The van der Waals surface area contributed by atoms with Crippen LogP contribution in [0.15, 0.2) is 10.1 Å². The highest BCUT2D eigenvalue weighted by atomic mass is 32.2. The second kappa shape index (κ2) is 5.08. The van der Waals surface area contributed by atoms with Gasteiger partial charge in [0.15, 0.2) is 0 Å². The molecule has 0 saturated heterocycles. The highest BCUT2D eigenvalue weighted by Crippen LogP contribution is 2.30. The Morgan fingerprint density at radius 3 is 2.53 bits per heavy atom. The number of nitrogen functional groups attached to an aromatic ring is 2. The third-order valence-electron chi connectivity index (χ3n) is 1.42. The molecule has 0 saturated carbocycles. The number of aromatic nitrogens is 2. The SMILES string of the molecule is CSc1nc(N)nc(SCC(=O)O)c1N. The van der Waals surface area contributed by atoms with E-state index in [1.54, 1.807) is 0 Å². The van der Waals surface area contributed by atoms with Gasteiger partial charge in [0.05, 0.1) is 11.4 Å². The van der Waals surface area contributed by atoms with E-state index in [4.69, 9.17) is 16.6 Å². The second-order valence-corrected chi connectivity index (χ2v) is 4.25. The van der Waals surface area contributed by atoms with Crippen LogP contribution in [-0.4, -0.2) is 33.1 Å². The number of carbonyl (C=O) groups is 1. The van der Waals surface area contributed by atoms with Crippen molar-refractivity contribution in [3.05, 3.63) is 0 Å². The first-order valence-corrected chi connectivity index (χ1v) is 6.07. The predicted octanol–water partition coefficient (Wildman–Crippen LogP) is 0.540. The zero-order valence-electron chi connectivity index (χ0n) is 7.93. The monoisotopic (exact) mass is 246 g/mol. The molecule has 1 aromatic heterocycles. The smallest absolute Gasteiger partial charge is 0.313 e. The fourth-order valence-electron chi connectivity index (χ4n) is 0.841. The Morgan fingerprint density at radius 2 is 2.00 bits per heavy atom. The lowest BCUT2D eigenvalue weighted by Crippen LogP contribution is -2.05.